The Balaban J connectivity index is 1.53. The first kappa shape index (κ1) is 20.6. The van der Waals surface area contributed by atoms with Crippen molar-refractivity contribution in [2.45, 2.75) is 31.8 Å². The van der Waals surface area contributed by atoms with E-state index < -0.39 is 29.3 Å². The molecule has 0 bridgehead atoms. The van der Waals surface area contributed by atoms with Crippen LogP contribution in [0.5, 0.6) is 0 Å². The van der Waals surface area contributed by atoms with Crippen molar-refractivity contribution in [2.75, 3.05) is 11.9 Å². The summed E-state index contributed by atoms with van der Waals surface area (Å²) >= 11 is 0. The Morgan fingerprint density at radius 1 is 1.19 bits per heavy atom. The summed E-state index contributed by atoms with van der Waals surface area (Å²) in [4.78, 5) is 35.4. The average Bonchev–Trinajstić information content (AvgIpc) is 3.10. The molecule has 4 rings (SSSR count). The van der Waals surface area contributed by atoms with E-state index in [1.807, 2.05) is 6.92 Å². The van der Waals surface area contributed by atoms with Gasteiger partial charge >= 0.3 is 0 Å². The van der Waals surface area contributed by atoms with Crippen molar-refractivity contribution in [1.29, 1.82) is 0 Å². The number of hydrogen-bond acceptors (Lipinski definition) is 5. The topological polar surface area (TPSA) is 93.0 Å². The van der Waals surface area contributed by atoms with Crippen molar-refractivity contribution in [3.63, 3.8) is 0 Å². The predicted molar refractivity (Wildman–Crippen MR) is 107 cm³/mol. The maximum atomic E-state index is 14.4. The molecule has 160 valence electrons. The van der Waals surface area contributed by atoms with Gasteiger partial charge in [0.05, 0.1) is 18.4 Å². The molecule has 2 atom stereocenters. The molecule has 1 aromatic carbocycles. The predicted octanol–water partition coefficient (Wildman–Crippen LogP) is 2.27. The fourth-order valence-corrected chi connectivity index (χ4v) is 3.63. The summed E-state index contributed by atoms with van der Waals surface area (Å²) in [5.74, 6) is -2.25. The lowest BCUT2D eigenvalue weighted by Crippen LogP contribution is -2.47. The molecule has 3 heterocycles. The van der Waals surface area contributed by atoms with Crippen LogP contribution in [0.3, 0.4) is 0 Å². The SMILES string of the molecule is C[C@H]1C[C@@H](NC(=O)c2nn(Cc3ccccc3F)cc2F)C(=O)N(C)c2nccnc21. The molecule has 0 aliphatic carbocycles. The number of carbonyl (C=O) groups excluding carboxylic acids is 2. The molecule has 1 aliphatic heterocycles. The lowest BCUT2D eigenvalue weighted by Gasteiger charge is -2.20. The number of fused-ring (bicyclic) bond motifs is 1. The van der Waals surface area contributed by atoms with E-state index >= 15 is 0 Å². The van der Waals surface area contributed by atoms with Crippen molar-refractivity contribution in [1.82, 2.24) is 25.1 Å². The van der Waals surface area contributed by atoms with Gasteiger partial charge in [-0.2, -0.15) is 5.10 Å². The number of aromatic nitrogens is 4. The van der Waals surface area contributed by atoms with Gasteiger partial charge in [0.2, 0.25) is 0 Å². The highest BCUT2D eigenvalue weighted by Crippen LogP contribution is 2.30. The zero-order valence-electron chi connectivity index (χ0n) is 16.9. The first-order chi connectivity index (χ1) is 14.8. The summed E-state index contributed by atoms with van der Waals surface area (Å²) in [6.45, 7) is 1.84. The first-order valence-corrected chi connectivity index (χ1v) is 9.71. The van der Waals surface area contributed by atoms with Crippen LogP contribution in [0.25, 0.3) is 0 Å². The molecule has 0 spiro atoms. The fraction of sp³-hybridized carbons (Fsp3) is 0.286. The zero-order valence-corrected chi connectivity index (χ0v) is 16.9. The van der Waals surface area contributed by atoms with E-state index in [9.17, 15) is 18.4 Å². The van der Waals surface area contributed by atoms with E-state index in [-0.39, 0.29) is 24.8 Å². The van der Waals surface area contributed by atoms with Crippen LogP contribution in [-0.2, 0) is 11.3 Å². The third-order valence-corrected chi connectivity index (χ3v) is 5.24. The van der Waals surface area contributed by atoms with Gasteiger partial charge in [0, 0.05) is 30.9 Å². The van der Waals surface area contributed by atoms with Crippen LogP contribution in [0.4, 0.5) is 14.6 Å². The van der Waals surface area contributed by atoms with Gasteiger partial charge in [-0.05, 0) is 12.5 Å². The van der Waals surface area contributed by atoms with Crippen molar-refractivity contribution >= 4 is 17.6 Å². The van der Waals surface area contributed by atoms with E-state index in [0.29, 0.717) is 17.1 Å². The second-order valence-electron chi connectivity index (χ2n) is 7.44. The first-order valence-electron chi connectivity index (χ1n) is 9.71. The molecule has 10 heteroatoms. The van der Waals surface area contributed by atoms with Crippen LogP contribution in [0.2, 0.25) is 0 Å². The monoisotopic (exact) mass is 426 g/mol. The highest BCUT2D eigenvalue weighted by molar-refractivity contribution is 6.01. The minimum Gasteiger partial charge on any atom is -0.339 e. The second kappa shape index (κ2) is 8.21. The largest absolute Gasteiger partial charge is 0.339 e. The number of benzene rings is 1. The van der Waals surface area contributed by atoms with Crippen LogP contribution in [0, 0.1) is 11.6 Å². The molecule has 0 radical (unpaired) electrons. The van der Waals surface area contributed by atoms with Crippen molar-refractivity contribution in [3.8, 4) is 0 Å². The number of likely N-dealkylation sites (N-methyl/N-ethyl adjacent to an activating group) is 1. The fourth-order valence-electron chi connectivity index (χ4n) is 3.63. The molecular weight excluding hydrogens is 406 g/mol. The molecule has 1 N–H and O–H groups in total. The second-order valence-corrected chi connectivity index (χ2v) is 7.44. The summed E-state index contributed by atoms with van der Waals surface area (Å²) in [6.07, 6.45) is 4.34. The summed E-state index contributed by atoms with van der Waals surface area (Å²) in [5.41, 5.74) is 0.497. The molecule has 2 amide bonds. The number of amides is 2. The van der Waals surface area contributed by atoms with E-state index in [4.69, 9.17) is 0 Å². The van der Waals surface area contributed by atoms with Gasteiger partial charge in [0.15, 0.2) is 17.3 Å². The smallest absolute Gasteiger partial charge is 0.275 e. The van der Waals surface area contributed by atoms with Gasteiger partial charge in [-0.1, -0.05) is 25.1 Å². The Morgan fingerprint density at radius 3 is 2.71 bits per heavy atom. The molecular formula is C21H20F2N6O2. The standard InChI is InChI=1S/C21H20F2N6O2/c1-12-9-16(21(31)28(2)19-17(12)24-7-8-25-19)26-20(30)18-15(23)11-29(27-18)10-13-5-3-4-6-14(13)22/h3-8,11-12,16H,9-10H2,1-2H3,(H,26,30)/t12-,16+/m0/s1. The van der Waals surface area contributed by atoms with Gasteiger partial charge in [-0.25, -0.2) is 13.8 Å². The summed E-state index contributed by atoms with van der Waals surface area (Å²) in [5, 5.41) is 6.53. The van der Waals surface area contributed by atoms with E-state index in [2.05, 4.69) is 20.4 Å². The van der Waals surface area contributed by atoms with Gasteiger partial charge in [-0.15, -0.1) is 0 Å². The average molecular weight is 426 g/mol. The van der Waals surface area contributed by atoms with Crippen molar-refractivity contribution in [2.24, 2.45) is 0 Å². The van der Waals surface area contributed by atoms with Crippen LogP contribution < -0.4 is 10.2 Å². The number of carbonyl (C=O) groups is 2. The van der Waals surface area contributed by atoms with Crippen LogP contribution in [0.15, 0.2) is 42.9 Å². The maximum Gasteiger partial charge on any atom is 0.275 e. The molecule has 2 aromatic heterocycles. The molecule has 1 aliphatic rings. The minimum absolute atomic E-state index is 0.0361. The molecule has 0 fully saturated rings. The van der Waals surface area contributed by atoms with E-state index in [0.717, 1.165) is 10.9 Å². The Labute approximate surface area is 176 Å². The van der Waals surface area contributed by atoms with E-state index in [1.54, 1.807) is 31.4 Å². The highest BCUT2D eigenvalue weighted by Gasteiger charge is 2.35. The number of rotatable bonds is 4. The Kier molecular flexibility index (Phi) is 5.45. The third-order valence-electron chi connectivity index (χ3n) is 5.24. The molecule has 0 saturated carbocycles. The number of nitrogens with zero attached hydrogens (tertiary/aromatic N) is 5. The lowest BCUT2D eigenvalue weighted by atomic mass is 9.99. The molecule has 3 aromatic rings. The van der Waals surface area contributed by atoms with Gasteiger partial charge in [0.25, 0.3) is 11.8 Å². The van der Waals surface area contributed by atoms with Crippen molar-refractivity contribution in [3.05, 3.63) is 71.4 Å². The molecule has 0 saturated heterocycles. The molecule has 8 nitrogen and oxygen atoms in total. The Morgan fingerprint density at radius 2 is 1.94 bits per heavy atom. The van der Waals surface area contributed by atoms with Crippen LogP contribution >= 0.6 is 0 Å². The minimum atomic E-state index is -0.903. The number of anilines is 1. The van der Waals surface area contributed by atoms with Gasteiger partial charge in [-0.3, -0.25) is 24.2 Å². The zero-order chi connectivity index (χ0) is 22.1. The molecule has 0 unspecified atom stereocenters. The highest BCUT2D eigenvalue weighted by atomic mass is 19.1. The summed E-state index contributed by atoms with van der Waals surface area (Å²) < 4.78 is 29.4. The van der Waals surface area contributed by atoms with Crippen molar-refractivity contribution < 1.29 is 18.4 Å². The number of halogens is 2. The Bertz CT molecular complexity index is 1150. The van der Waals surface area contributed by atoms with Crippen LogP contribution in [0.1, 0.15) is 41.0 Å². The normalized spacial score (nSPS) is 18.5. The third kappa shape index (κ3) is 4.00. The lowest BCUT2D eigenvalue weighted by molar-refractivity contribution is -0.120. The number of nitrogens with one attached hydrogen (secondary N) is 1. The number of hydrogen-bond donors (Lipinski definition) is 1. The van der Waals surface area contributed by atoms with Crippen LogP contribution in [-0.4, -0.2) is 44.7 Å². The van der Waals surface area contributed by atoms with E-state index in [1.165, 1.54) is 17.2 Å². The summed E-state index contributed by atoms with van der Waals surface area (Å²) in [6, 6.07) is 5.14. The maximum absolute atomic E-state index is 14.4. The summed E-state index contributed by atoms with van der Waals surface area (Å²) in [7, 11) is 1.55. The van der Waals surface area contributed by atoms with Gasteiger partial charge < -0.3 is 5.32 Å². The Hall–Kier alpha value is -3.69. The molecule has 31 heavy (non-hydrogen) atoms. The van der Waals surface area contributed by atoms with Gasteiger partial charge in [0.1, 0.15) is 11.9 Å². The quantitative estimate of drug-likeness (QED) is 0.691.